The first kappa shape index (κ1) is 21.7. The first-order valence-corrected chi connectivity index (χ1v) is 8.17. The fourth-order valence-corrected chi connectivity index (χ4v) is 2.85. The number of hydrogen-bond donors (Lipinski definition) is 3. The first-order valence-electron chi connectivity index (χ1n) is 8.17. The molecule has 1 fully saturated rings. The van der Waals surface area contributed by atoms with E-state index < -0.39 is 71.4 Å². The van der Waals surface area contributed by atoms with Gasteiger partial charge in [-0.25, -0.2) is 9.78 Å². The number of alkyl halides is 5. The van der Waals surface area contributed by atoms with Gasteiger partial charge in [0.15, 0.2) is 6.10 Å². The van der Waals surface area contributed by atoms with E-state index in [-0.39, 0.29) is 0 Å². The van der Waals surface area contributed by atoms with Gasteiger partial charge >= 0.3 is 17.8 Å². The maximum absolute atomic E-state index is 14.2. The molecule has 0 aliphatic carbocycles. The van der Waals surface area contributed by atoms with Crippen molar-refractivity contribution in [1.82, 2.24) is 14.5 Å². The van der Waals surface area contributed by atoms with Crippen LogP contribution in [0.15, 0.2) is 29.2 Å². The van der Waals surface area contributed by atoms with Crippen LogP contribution < -0.4 is 11.4 Å². The van der Waals surface area contributed by atoms with Gasteiger partial charge in [0.2, 0.25) is 6.23 Å². The maximum atomic E-state index is 14.2. The standard InChI is InChI=1S/C16H13F5N4O5/c17-15(18)11(27)8(5-26)30-13(15)25-4-3-7(23-14(25)29)10-6(12(22)28)1-2-9(24-10)16(19,20)21/h1-4,8,11,13,26-27H,5H2,(H2,22,28)/t8-,11-,13-/m1/s1. The topological polar surface area (TPSA) is 141 Å². The van der Waals surface area contributed by atoms with Crippen LogP contribution in [0.4, 0.5) is 22.0 Å². The molecule has 0 unspecified atom stereocenters. The molecule has 1 aliphatic rings. The van der Waals surface area contributed by atoms with Gasteiger partial charge in [-0.05, 0) is 18.2 Å². The smallest absolute Gasteiger partial charge is 0.394 e. The number of aliphatic hydroxyl groups is 2. The van der Waals surface area contributed by atoms with Crippen molar-refractivity contribution in [3.63, 3.8) is 0 Å². The molecule has 1 amide bonds. The Bertz CT molecular complexity index is 1040. The molecule has 3 rings (SSSR count). The summed E-state index contributed by atoms with van der Waals surface area (Å²) in [7, 11) is 0. The second-order valence-electron chi connectivity index (χ2n) is 6.29. The molecule has 0 spiro atoms. The third-order valence-electron chi connectivity index (χ3n) is 4.34. The molecule has 2 aromatic rings. The van der Waals surface area contributed by atoms with E-state index in [4.69, 9.17) is 15.6 Å². The fraction of sp³-hybridized carbons (Fsp3) is 0.375. The Labute approximate surface area is 163 Å². The van der Waals surface area contributed by atoms with Gasteiger partial charge in [-0.2, -0.15) is 26.9 Å². The number of primary amides is 1. The molecular formula is C16H13F5N4O5. The second-order valence-corrected chi connectivity index (χ2v) is 6.29. The van der Waals surface area contributed by atoms with E-state index in [0.29, 0.717) is 10.6 Å². The molecule has 14 heteroatoms. The van der Waals surface area contributed by atoms with Gasteiger partial charge < -0.3 is 20.7 Å². The minimum absolute atomic E-state index is 0.292. The molecular weight excluding hydrogens is 423 g/mol. The molecule has 0 bridgehead atoms. The summed E-state index contributed by atoms with van der Waals surface area (Å²) in [5.74, 6) is -5.13. The highest BCUT2D eigenvalue weighted by Gasteiger charge is 2.59. The summed E-state index contributed by atoms with van der Waals surface area (Å²) in [6, 6.07) is 2.11. The number of hydrogen-bond acceptors (Lipinski definition) is 7. The lowest BCUT2D eigenvalue weighted by Crippen LogP contribution is -2.41. The monoisotopic (exact) mass is 436 g/mol. The summed E-state index contributed by atoms with van der Waals surface area (Å²) in [4.78, 5) is 30.5. The predicted octanol–water partition coefficient (Wildman–Crippen LogP) is 0.309. The molecule has 3 atom stereocenters. The molecule has 1 saturated heterocycles. The summed E-state index contributed by atoms with van der Waals surface area (Å²) >= 11 is 0. The molecule has 0 saturated carbocycles. The highest BCUT2D eigenvalue weighted by atomic mass is 19.4. The third kappa shape index (κ3) is 3.64. The molecule has 2 aromatic heterocycles. The molecule has 30 heavy (non-hydrogen) atoms. The fourth-order valence-electron chi connectivity index (χ4n) is 2.85. The number of carbonyl (C=O) groups is 1. The Morgan fingerprint density at radius 2 is 1.93 bits per heavy atom. The normalized spacial score (nSPS) is 23.5. The van der Waals surface area contributed by atoms with E-state index in [0.717, 1.165) is 18.3 Å². The zero-order valence-corrected chi connectivity index (χ0v) is 14.7. The molecule has 4 N–H and O–H groups in total. The van der Waals surface area contributed by atoms with Crippen LogP contribution in [-0.2, 0) is 10.9 Å². The number of aromatic nitrogens is 3. The van der Waals surface area contributed by atoms with E-state index >= 15 is 0 Å². The molecule has 3 heterocycles. The number of carbonyl (C=O) groups excluding carboxylic acids is 1. The van der Waals surface area contributed by atoms with Gasteiger partial charge in [-0.3, -0.25) is 9.36 Å². The molecule has 162 valence electrons. The zero-order chi connectivity index (χ0) is 22.4. The van der Waals surface area contributed by atoms with Gasteiger partial charge in [-0.15, -0.1) is 0 Å². The lowest BCUT2D eigenvalue weighted by atomic mass is 10.1. The second kappa shape index (κ2) is 7.37. The van der Waals surface area contributed by atoms with Crippen LogP contribution in [0.1, 0.15) is 22.3 Å². The number of nitrogens with zero attached hydrogens (tertiary/aromatic N) is 3. The molecule has 0 aromatic carbocycles. The molecule has 0 radical (unpaired) electrons. The van der Waals surface area contributed by atoms with Crippen molar-refractivity contribution in [1.29, 1.82) is 0 Å². The Hall–Kier alpha value is -2.97. The third-order valence-corrected chi connectivity index (χ3v) is 4.34. The Morgan fingerprint density at radius 3 is 2.43 bits per heavy atom. The molecule has 9 nitrogen and oxygen atoms in total. The van der Waals surface area contributed by atoms with Crippen molar-refractivity contribution in [3.05, 3.63) is 46.1 Å². The van der Waals surface area contributed by atoms with Gasteiger partial charge in [-0.1, -0.05) is 0 Å². The summed E-state index contributed by atoms with van der Waals surface area (Å²) in [5, 5.41) is 18.5. The number of halogens is 5. The Balaban J connectivity index is 2.09. The minimum atomic E-state index is -4.88. The van der Waals surface area contributed by atoms with Gasteiger partial charge in [0.25, 0.3) is 5.91 Å². The van der Waals surface area contributed by atoms with E-state index in [1.165, 1.54) is 0 Å². The number of amides is 1. The van der Waals surface area contributed by atoms with Gasteiger partial charge in [0.1, 0.15) is 17.5 Å². The van der Waals surface area contributed by atoms with Crippen molar-refractivity contribution < 1.29 is 41.7 Å². The Morgan fingerprint density at radius 1 is 1.27 bits per heavy atom. The lowest BCUT2D eigenvalue weighted by molar-refractivity contribution is -0.141. The summed E-state index contributed by atoms with van der Waals surface area (Å²) in [6.45, 7) is -0.955. The van der Waals surface area contributed by atoms with Crippen molar-refractivity contribution in [2.75, 3.05) is 6.61 Å². The maximum Gasteiger partial charge on any atom is 0.433 e. The van der Waals surface area contributed by atoms with E-state index in [2.05, 4.69) is 9.97 Å². The number of aliphatic hydroxyl groups excluding tert-OH is 2. The predicted molar refractivity (Wildman–Crippen MR) is 87.2 cm³/mol. The van der Waals surface area contributed by atoms with Crippen molar-refractivity contribution in [2.45, 2.75) is 30.5 Å². The van der Waals surface area contributed by atoms with E-state index in [9.17, 15) is 36.6 Å². The van der Waals surface area contributed by atoms with Crippen LogP contribution in [-0.4, -0.2) is 55.4 Å². The van der Waals surface area contributed by atoms with Gasteiger partial charge in [0.05, 0.1) is 17.9 Å². The van der Waals surface area contributed by atoms with Crippen molar-refractivity contribution >= 4 is 5.91 Å². The summed E-state index contributed by atoms with van der Waals surface area (Å²) < 4.78 is 72.4. The van der Waals surface area contributed by atoms with Crippen LogP contribution in [0.2, 0.25) is 0 Å². The van der Waals surface area contributed by atoms with Crippen LogP contribution in [0.3, 0.4) is 0 Å². The Kier molecular flexibility index (Phi) is 5.34. The molecule has 1 aliphatic heterocycles. The van der Waals surface area contributed by atoms with Crippen LogP contribution >= 0.6 is 0 Å². The van der Waals surface area contributed by atoms with Crippen molar-refractivity contribution in [3.8, 4) is 11.4 Å². The largest absolute Gasteiger partial charge is 0.433 e. The number of rotatable bonds is 4. The first-order chi connectivity index (χ1) is 13.9. The quantitative estimate of drug-likeness (QED) is 0.586. The zero-order valence-electron chi connectivity index (χ0n) is 14.7. The van der Waals surface area contributed by atoms with Crippen LogP contribution in [0.5, 0.6) is 0 Å². The highest BCUT2D eigenvalue weighted by Crippen LogP contribution is 2.42. The number of ether oxygens (including phenoxy) is 1. The van der Waals surface area contributed by atoms with Crippen molar-refractivity contribution in [2.24, 2.45) is 5.73 Å². The number of pyridine rings is 1. The van der Waals surface area contributed by atoms with Gasteiger partial charge in [0, 0.05) is 6.20 Å². The average Bonchev–Trinajstić information content (AvgIpc) is 2.89. The lowest BCUT2D eigenvalue weighted by Gasteiger charge is -2.21. The highest BCUT2D eigenvalue weighted by molar-refractivity contribution is 5.98. The van der Waals surface area contributed by atoms with E-state index in [1.54, 1.807) is 0 Å². The summed E-state index contributed by atoms with van der Waals surface area (Å²) in [6.07, 6.45) is -10.6. The number of nitrogens with two attached hydrogens (primary N) is 1. The van der Waals surface area contributed by atoms with Crippen LogP contribution in [0.25, 0.3) is 11.4 Å². The summed E-state index contributed by atoms with van der Waals surface area (Å²) in [5.41, 5.74) is 0.648. The van der Waals surface area contributed by atoms with E-state index in [1.807, 2.05) is 0 Å². The van der Waals surface area contributed by atoms with Crippen LogP contribution in [0, 0.1) is 0 Å². The average molecular weight is 436 g/mol. The SMILES string of the molecule is NC(=O)c1ccc(C(F)(F)F)nc1-c1ccn([C@@H]2O[C@H](CO)[C@@H](O)C2(F)F)c(=O)n1. The minimum Gasteiger partial charge on any atom is -0.394 e.